The summed E-state index contributed by atoms with van der Waals surface area (Å²) in [5, 5.41) is 0. The molecule has 0 saturated heterocycles. The van der Waals surface area contributed by atoms with Crippen LogP contribution in [0.5, 0.6) is 0 Å². The first-order valence-corrected chi connectivity index (χ1v) is 6.53. The molecule has 0 bridgehead atoms. The number of nitrogens with two attached hydrogens (primary N) is 1. The lowest BCUT2D eigenvalue weighted by molar-refractivity contribution is 0.795. The fraction of sp³-hybridized carbons (Fsp3) is 0.312. The van der Waals surface area contributed by atoms with Gasteiger partial charge in [0, 0.05) is 5.56 Å². The van der Waals surface area contributed by atoms with Crippen LogP contribution >= 0.6 is 0 Å². The van der Waals surface area contributed by atoms with Gasteiger partial charge in [-0.3, -0.25) is 4.98 Å². The van der Waals surface area contributed by atoms with E-state index in [1.54, 1.807) is 0 Å². The summed E-state index contributed by atoms with van der Waals surface area (Å²) in [4.78, 5) is 4.51. The summed E-state index contributed by atoms with van der Waals surface area (Å²) < 4.78 is 0. The predicted octanol–water partition coefficient (Wildman–Crippen LogP) is 3.98. The minimum absolute atomic E-state index is 0.748. The fourth-order valence-corrected chi connectivity index (χ4v) is 1.96. The second-order valence-corrected chi connectivity index (χ2v) is 4.67. The van der Waals surface area contributed by atoms with E-state index in [2.05, 4.69) is 36.2 Å². The Labute approximate surface area is 109 Å². The van der Waals surface area contributed by atoms with Gasteiger partial charge in [-0.25, -0.2) is 0 Å². The standard InChI is InChI=1S/C16H20N2/c1-3-4-5-13-6-8-14(9-7-13)16-11-10-15(17)12(2)18-16/h6-11H,3-5,17H2,1-2H3. The highest BCUT2D eigenvalue weighted by Crippen LogP contribution is 2.20. The molecule has 0 aliphatic heterocycles. The Morgan fingerprint density at radius 3 is 2.39 bits per heavy atom. The number of hydrogen-bond acceptors (Lipinski definition) is 2. The van der Waals surface area contributed by atoms with Crippen LogP contribution in [-0.2, 0) is 6.42 Å². The van der Waals surface area contributed by atoms with E-state index < -0.39 is 0 Å². The van der Waals surface area contributed by atoms with Crippen molar-refractivity contribution in [3.63, 3.8) is 0 Å². The van der Waals surface area contributed by atoms with Gasteiger partial charge in [0.15, 0.2) is 0 Å². The third-order valence-corrected chi connectivity index (χ3v) is 3.20. The van der Waals surface area contributed by atoms with Crippen LogP contribution in [0.1, 0.15) is 31.0 Å². The Morgan fingerprint density at radius 1 is 1.06 bits per heavy atom. The van der Waals surface area contributed by atoms with E-state index in [0.29, 0.717) is 0 Å². The van der Waals surface area contributed by atoms with Gasteiger partial charge in [-0.05, 0) is 37.5 Å². The summed E-state index contributed by atoms with van der Waals surface area (Å²) in [6.45, 7) is 4.16. The van der Waals surface area contributed by atoms with Crippen molar-refractivity contribution in [1.82, 2.24) is 4.98 Å². The van der Waals surface area contributed by atoms with Crippen LogP contribution in [-0.4, -0.2) is 4.98 Å². The van der Waals surface area contributed by atoms with Crippen molar-refractivity contribution in [2.45, 2.75) is 33.1 Å². The normalized spacial score (nSPS) is 10.6. The van der Waals surface area contributed by atoms with Gasteiger partial charge in [0.2, 0.25) is 0 Å². The zero-order valence-electron chi connectivity index (χ0n) is 11.1. The number of nitrogens with zero attached hydrogens (tertiary/aromatic N) is 1. The first kappa shape index (κ1) is 12.6. The molecule has 0 saturated carbocycles. The second-order valence-electron chi connectivity index (χ2n) is 4.67. The Kier molecular flexibility index (Phi) is 3.98. The maximum atomic E-state index is 5.78. The van der Waals surface area contributed by atoms with Gasteiger partial charge in [-0.15, -0.1) is 0 Å². The van der Waals surface area contributed by atoms with E-state index in [9.17, 15) is 0 Å². The predicted molar refractivity (Wildman–Crippen MR) is 77.4 cm³/mol. The molecule has 0 aliphatic carbocycles. The molecule has 2 rings (SSSR count). The number of nitrogen functional groups attached to an aromatic ring is 1. The number of anilines is 1. The number of rotatable bonds is 4. The highest BCUT2D eigenvalue weighted by Gasteiger charge is 2.02. The van der Waals surface area contributed by atoms with E-state index >= 15 is 0 Å². The smallest absolute Gasteiger partial charge is 0.0706 e. The topological polar surface area (TPSA) is 38.9 Å². The maximum absolute atomic E-state index is 5.78. The lowest BCUT2D eigenvalue weighted by Crippen LogP contribution is -1.94. The molecule has 1 heterocycles. The second kappa shape index (κ2) is 5.67. The zero-order valence-corrected chi connectivity index (χ0v) is 11.1. The molecule has 0 fully saturated rings. The van der Waals surface area contributed by atoms with Crippen LogP contribution < -0.4 is 5.73 Å². The van der Waals surface area contributed by atoms with Crippen molar-refractivity contribution in [2.24, 2.45) is 0 Å². The van der Waals surface area contributed by atoms with Crippen LogP contribution in [0.4, 0.5) is 5.69 Å². The van der Waals surface area contributed by atoms with Crippen molar-refractivity contribution in [2.75, 3.05) is 5.73 Å². The third-order valence-electron chi connectivity index (χ3n) is 3.20. The third kappa shape index (κ3) is 2.89. The zero-order chi connectivity index (χ0) is 13.0. The first-order chi connectivity index (χ1) is 8.70. The van der Waals surface area contributed by atoms with Gasteiger partial charge >= 0.3 is 0 Å². The SMILES string of the molecule is CCCCc1ccc(-c2ccc(N)c(C)n2)cc1. The molecular weight excluding hydrogens is 220 g/mol. The maximum Gasteiger partial charge on any atom is 0.0706 e. The van der Waals surface area contributed by atoms with Crippen LogP contribution in [0.3, 0.4) is 0 Å². The number of aromatic nitrogens is 1. The molecular formula is C16H20N2. The molecule has 94 valence electrons. The molecule has 0 aliphatic rings. The monoisotopic (exact) mass is 240 g/mol. The Hall–Kier alpha value is -1.83. The van der Waals surface area contributed by atoms with Gasteiger partial charge in [-0.2, -0.15) is 0 Å². The van der Waals surface area contributed by atoms with Crippen LogP contribution in [0, 0.1) is 6.92 Å². The van der Waals surface area contributed by atoms with Gasteiger partial charge < -0.3 is 5.73 Å². The van der Waals surface area contributed by atoms with E-state index in [1.807, 2.05) is 19.1 Å². The Bertz CT molecular complexity index is 515. The van der Waals surface area contributed by atoms with Gasteiger partial charge in [-0.1, -0.05) is 37.6 Å². The average molecular weight is 240 g/mol. The van der Waals surface area contributed by atoms with Crippen molar-refractivity contribution >= 4 is 5.69 Å². The average Bonchev–Trinajstić information content (AvgIpc) is 2.40. The molecule has 0 unspecified atom stereocenters. The molecule has 2 heteroatoms. The van der Waals surface area contributed by atoms with E-state index in [4.69, 9.17) is 5.73 Å². The number of unbranched alkanes of at least 4 members (excludes halogenated alkanes) is 1. The molecule has 0 spiro atoms. The molecule has 1 aromatic heterocycles. The quantitative estimate of drug-likeness (QED) is 0.877. The highest BCUT2D eigenvalue weighted by molar-refractivity contribution is 5.62. The molecule has 0 amide bonds. The van der Waals surface area contributed by atoms with Crippen molar-refractivity contribution in [1.29, 1.82) is 0 Å². The van der Waals surface area contributed by atoms with Crippen molar-refractivity contribution in [3.05, 3.63) is 47.7 Å². The number of pyridine rings is 1. The van der Waals surface area contributed by atoms with E-state index in [0.717, 1.165) is 29.1 Å². The largest absolute Gasteiger partial charge is 0.397 e. The number of aryl methyl sites for hydroxylation is 2. The molecule has 0 radical (unpaired) electrons. The number of hydrogen-bond donors (Lipinski definition) is 1. The first-order valence-electron chi connectivity index (χ1n) is 6.53. The van der Waals surface area contributed by atoms with Gasteiger partial charge in [0.05, 0.1) is 17.1 Å². The van der Waals surface area contributed by atoms with Crippen molar-refractivity contribution < 1.29 is 0 Å². The molecule has 0 atom stereocenters. The van der Waals surface area contributed by atoms with Gasteiger partial charge in [0.25, 0.3) is 0 Å². The van der Waals surface area contributed by atoms with E-state index in [-0.39, 0.29) is 0 Å². The highest BCUT2D eigenvalue weighted by atomic mass is 14.7. The van der Waals surface area contributed by atoms with Crippen LogP contribution in [0.25, 0.3) is 11.3 Å². The van der Waals surface area contributed by atoms with E-state index in [1.165, 1.54) is 18.4 Å². The Balaban J connectivity index is 2.20. The molecule has 2 N–H and O–H groups in total. The minimum atomic E-state index is 0.748. The number of benzene rings is 1. The summed E-state index contributed by atoms with van der Waals surface area (Å²) in [5.74, 6) is 0. The lowest BCUT2D eigenvalue weighted by atomic mass is 10.0. The Morgan fingerprint density at radius 2 is 1.78 bits per heavy atom. The van der Waals surface area contributed by atoms with Crippen LogP contribution in [0.15, 0.2) is 36.4 Å². The molecule has 2 aromatic rings. The summed E-state index contributed by atoms with van der Waals surface area (Å²) in [6, 6.07) is 12.6. The summed E-state index contributed by atoms with van der Waals surface area (Å²) in [5.41, 5.74) is 11.0. The fourth-order valence-electron chi connectivity index (χ4n) is 1.96. The van der Waals surface area contributed by atoms with Crippen LogP contribution in [0.2, 0.25) is 0 Å². The minimum Gasteiger partial charge on any atom is -0.397 e. The van der Waals surface area contributed by atoms with Crippen molar-refractivity contribution in [3.8, 4) is 11.3 Å². The summed E-state index contributed by atoms with van der Waals surface area (Å²) in [6.07, 6.45) is 3.64. The summed E-state index contributed by atoms with van der Waals surface area (Å²) in [7, 11) is 0. The molecule has 18 heavy (non-hydrogen) atoms. The van der Waals surface area contributed by atoms with Gasteiger partial charge in [0.1, 0.15) is 0 Å². The summed E-state index contributed by atoms with van der Waals surface area (Å²) >= 11 is 0. The lowest BCUT2D eigenvalue weighted by Gasteiger charge is -2.06. The molecule has 1 aromatic carbocycles. The molecule has 2 nitrogen and oxygen atoms in total.